The van der Waals surface area contributed by atoms with E-state index >= 15 is 0 Å². The van der Waals surface area contributed by atoms with E-state index in [2.05, 4.69) is 18.1 Å². The Morgan fingerprint density at radius 2 is 1.47 bits per heavy atom. The van der Waals surface area contributed by atoms with Crippen LogP contribution in [0.4, 0.5) is 17.1 Å². The molecule has 3 nitrogen and oxygen atoms in total. The minimum Gasteiger partial charge on any atom is -0.399 e. The van der Waals surface area contributed by atoms with Crippen molar-refractivity contribution < 1.29 is 0 Å². The normalized spacial score (nSPS) is 9.60. The van der Waals surface area contributed by atoms with Crippen LogP contribution in [0.25, 0.3) is 0 Å². The number of nitrogen functional groups attached to an aromatic ring is 2. The first kappa shape index (κ1) is 11.2. The summed E-state index contributed by atoms with van der Waals surface area (Å²) in [5, 5.41) is 0. The molecule has 0 atom stereocenters. The van der Waals surface area contributed by atoms with Crippen LogP contribution in [0, 0.1) is 0 Å². The van der Waals surface area contributed by atoms with Crippen molar-refractivity contribution in [3.63, 3.8) is 0 Å². The van der Waals surface area contributed by atoms with Crippen molar-refractivity contribution >= 4 is 17.1 Å². The first-order chi connectivity index (χ1) is 7.17. The molecule has 0 aliphatic heterocycles. The molecule has 0 aromatic heterocycles. The van der Waals surface area contributed by atoms with E-state index in [9.17, 15) is 0 Å². The van der Waals surface area contributed by atoms with Crippen molar-refractivity contribution in [2.45, 2.75) is 0 Å². The molecule has 0 aliphatic carbocycles. The average molecular weight is 203 g/mol. The smallest absolute Gasteiger partial charge is 0.0413 e. The maximum atomic E-state index is 5.73. The SMILES string of the molecule is C=CCN(CC=C)c1cc(N)cc(N)c1. The van der Waals surface area contributed by atoms with Gasteiger partial charge in [0.1, 0.15) is 0 Å². The van der Waals surface area contributed by atoms with Gasteiger partial charge in [-0.3, -0.25) is 0 Å². The second-order valence-corrected chi connectivity index (χ2v) is 3.34. The number of rotatable bonds is 5. The molecule has 0 spiro atoms. The molecule has 15 heavy (non-hydrogen) atoms. The first-order valence-electron chi connectivity index (χ1n) is 4.80. The second-order valence-electron chi connectivity index (χ2n) is 3.34. The fourth-order valence-corrected chi connectivity index (χ4v) is 1.44. The van der Waals surface area contributed by atoms with Gasteiger partial charge in [0.2, 0.25) is 0 Å². The molecule has 1 rings (SSSR count). The summed E-state index contributed by atoms with van der Waals surface area (Å²) in [4.78, 5) is 2.09. The highest BCUT2D eigenvalue weighted by molar-refractivity contribution is 5.65. The summed E-state index contributed by atoms with van der Waals surface area (Å²) in [6.45, 7) is 8.92. The summed E-state index contributed by atoms with van der Waals surface area (Å²) in [7, 11) is 0. The summed E-state index contributed by atoms with van der Waals surface area (Å²) in [5.41, 5.74) is 13.8. The Kier molecular flexibility index (Phi) is 3.80. The third-order valence-corrected chi connectivity index (χ3v) is 2.03. The molecule has 0 unspecified atom stereocenters. The minimum absolute atomic E-state index is 0.670. The molecule has 0 fully saturated rings. The van der Waals surface area contributed by atoms with E-state index in [0.29, 0.717) is 11.4 Å². The summed E-state index contributed by atoms with van der Waals surface area (Å²) in [5.74, 6) is 0. The maximum Gasteiger partial charge on any atom is 0.0413 e. The summed E-state index contributed by atoms with van der Waals surface area (Å²) >= 11 is 0. The number of hydrogen-bond donors (Lipinski definition) is 2. The van der Waals surface area contributed by atoms with E-state index in [0.717, 1.165) is 18.8 Å². The Balaban J connectivity index is 2.98. The predicted molar refractivity (Wildman–Crippen MR) is 67.9 cm³/mol. The zero-order chi connectivity index (χ0) is 11.3. The van der Waals surface area contributed by atoms with Crippen LogP contribution in [0.5, 0.6) is 0 Å². The highest BCUT2D eigenvalue weighted by Crippen LogP contribution is 2.21. The molecule has 0 saturated heterocycles. The largest absolute Gasteiger partial charge is 0.399 e. The molecule has 0 amide bonds. The highest BCUT2D eigenvalue weighted by atomic mass is 15.1. The third kappa shape index (κ3) is 3.06. The van der Waals surface area contributed by atoms with Crippen molar-refractivity contribution in [2.75, 3.05) is 29.5 Å². The number of nitrogens with two attached hydrogens (primary N) is 2. The van der Waals surface area contributed by atoms with Crippen molar-refractivity contribution in [2.24, 2.45) is 0 Å². The number of nitrogens with zero attached hydrogens (tertiary/aromatic N) is 1. The van der Waals surface area contributed by atoms with E-state index in [-0.39, 0.29) is 0 Å². The van der Waals surface area contributed by atoms with E-state index in [1.54, 1.807) is 6.07 Å². The van der Waals surface area contributed by atoms with Gasteiger partial charge in [-0.15, -0.1) is 13.2 Å². The summed E-state index contributed by atoms with van der Waals surface area (Å²) in [6, 6.07) is 5.52. The maximum absolute atomic E-state index is 5.73. The summed E-state index contributed by atoms with van der Waals surface area (Å²) in [6.07, 6.45) is 3.67. The van der Waals surface area contributed by atoms with E-state index in [1.807, 2.05) is 24.3 Å². The van der Waals surface area contributed by atoms with Crippen LogP contribution in [-0.2, 0) is 0 Å². The van der Waals surface area contributed by atoms with Crippen LogP contribution in [0.1, 0.15) is 0 Å². The number of anilines is 3. The van der Waals surface area contributed by atoms with Crippen LogP contribution in [0.2, 0.25) is 0 Å². The zero-order valence-corrected chi connectivity index (χ0v) is 8.82. The molecular formula is C12H17N3. The van der Waals surface area contributed by atoms with E-state index in [4.69, 9.17) is 11.5 Å². The van der Waals surface area contributed by atoms with Crippen LogP contribution in [-0.4, -0.2) is 13.1 Å². The van der Waals surface area contributed by atoms with Gasteiger partial charge in [-0.2, -0.15) is 0 Å². The fourth-order valence-electron chi connectivity index (χ4n) is 1.44. The second kappa shape index (κ2) is 5.10. The number of hydrogen-bond acceptors (Lipinski definition) is 3. The van der Waals surface area contributed by atoms with Crippen molar-refractivity contribution in [3.05, 3.63) is 43.5 Å². The van der Waals surface area contributed by atoms with Gasteiger partial charge < -0.3 is 16.4 Å². The molecule has 3 heteroatoms. The standard InChI is InChI=1S/C12H17N3/c1-3-5-15(6-4-2)12-8-10(13)7-11(14)9-12/h3-4,7-9H,1-2,5-6,13-14H2. The Morgan fingerprint density at radius 3 is 1.87 bits per heavy atom. The first-order valence-corrected chi connectivity index (χ1v) is 4.80. The molecule has 80 valence electrons. The zero-order valence-electron chi connectivity index (χ0n) is 8.82. The fraction of sp³-hybridized carbons (Fsp3) is 0.167. The third-order valence-electron chi connectivity index (χ3n) is 2.03. The lowest BCUT2D eigenvalue weighted by atomic mass is 10.2. The Hall–Kier alpha value is -1.90. The van der Waals surface area contributed by atoms with Crippen LogP contribution in [0.3, 0.4) is 0 Å². The van der Waals surface area contributed by atoms with Gasteiger partial charge in [-0.1, -0.05) is 12.2 Å². The molecule has 0 radical (unpaired) electrons. The molecule has 0 heterocycles. The van der Waals surface area contributed by atoms with Crippen molar-refractivity contribution in [1.82, 2.24) is 0 Å². The molecule has 1 aromatic carbocycles. The molecule has 4 N–H and O–H groups in total. The van der Waals surface area contributed by atoms with Gasteiger partial charge in [0.25, 0.3) is 0 Å². The van der Waals surface area contributed by atoms with Gasteiger partial charge in [-0.25, -0.2) is 0 Å². The number of benzene rings is 1. The van der Waals surface area contributed by atoms with Crippen molar-refractivity contribution in [3.8, 4) is 0 Å². The predicted octanol–water partition coefficient (Wildman–Crippen LogP) is 2.03. The van der Waals surface area contributed by atoms with Gasteiger partial charge in [0.15, 0.2) is 0 Å². The average Bonchev–Trinajstić information content (AvgIpc) is 2.16. The van der Waals surface area contributed by atoms with E-state index in [1.165, 1.54) is 0 Å². The van der Waals surface area contributed by atoms with Crippen LogP contribution >= 0.6 is 0 Å². The van der Waals surface area contributed by atoms with Gasteiger partial charge >= 0.3 is 0 Å². The molecular weight excluding hydrogens is 186 g/mol. The van der Waals surface area contributed by atoms with Crippen LogP contribution < -0.4 is 16.4 Å². The lowest BCUT2D eigenvalue weighted by Gasteiger charge is -2.22. The minimum atomic E-state index is 0.670. The quantitative estimate of drug-likeness (QED) is 0.568. The molecule has 0 saturated carbocycles. The Labute approximate surface area is 90.7 Å². The summed E-state index contributed by atoms with van der Waals surface area (Å²) < 4.78 is 0. The molecule has 0 bridgehead atoms. The van der Waals surface area contributed by atoms with Crippen molar-refractivity contribution in [1.29, 1.82) is 0 Å². The van der Waals surface area contributed by atoms with Crippen LogP contribution in [0.15, 0.2) is 43.5 Å². The molecule has 1 aromatic rings. The monoisotopic (exact) mass is 203 g/mol. The molecule has 0 aliphatic rings. The Bertz CT molecular complexity index is 328. The lowest BCUT2D eigenvalue weighted by molar-refractivity contribution is 0.958. The van der Waals surface area contributed by atoms with E-state index < -0.39 is 0 Å². The van der Waals surface area contributed by atoms with Gasteiger partial charge in [0, 0.05) is 30.2 Å². The lowest BCUT2D eigenvalue weighted by Crippen LogP contribution is -2.23. The highest BCUT2D eigenvalue weighted by Gasteiger charge is 2.04. The topological polar surface area (TPSA) is 55.3 Å². The van der Waals surface area contributed by atoms with Gasteiger partial charge in [-0.05, 0) is 18.2 Å². The van der Waals surface area contributed by atoms with Gasteiger partial charge in [0.05, 0.1) is 0 Å². The Morgan fingerprint density at radius 1 is 1.00 bits per heavy atom.